The van der Waals surface area contributed by atoms with E-state index < -0.39 is 5.97 Å². The Morgan fingerprint density at radius 1 is 1.44 bits per heavy atom. The van der Waals surface area contributed by atoms with Gasteiger partial charge in [-0.05, 0) is 18.6 Å². The number of aromatic nitrogens is 1. The molecule has 5 nitrogen and oxygen atoms in total. The van der Waals surface area contributed by atoms with Gasteiger partial charge in [0.2, 0.25) is 5.91 Å². The largest absolute Gasteiger partial charge is 0.481 e. The van der Waals surface area contributed by atoms with Gasteiger partial charge in [-0.2, -0.15) is 0 Å². The van der Waals surface area contributed by atoms with E-state index in [-0.39, 0.29) is 18.7 Å². The smallest absolute Gasteiger partial charge is 0.303 e. The van der Waals surface area contributed by atoms with Crippen molar-refractivity contribution in [2.45, 2.75) is 19.3 Å². The van der Waals surface area contributed by atoms with Crippen LogP contribution in [0.1, 0.15) is 19.3 Å². The number of aliphatic carboxylic acids is 1. The molecule has 0 unspecified atom stereocenters. The zero-order valence-corrected chi connectivity index (χ0v) is 10.0. The SMILES string of the molecule is O=C(O)CCCC(=O)Nc1cc(Br)ccn1. The van der Waals surface area contributed by atoms with Crippen LogP contribution in [-0.2, 0) is 9.59 Å². The number of halogens is 1. The molecule has 0 atom stereocenters. The highest BCUT2D eigenvalue weighted by molar-refractivity contribution is 9.10. The van der Waals surface area contributed by atoms with Crippen LogP contribution in [0.15, 0.2) is 22.8 Å². The second-order valence-corrected chi connectivity index (χ2v) is 4.07. The van der Waals surface area contributed by atoms with E-state index in [0.717, 1.165) is 4.47 Å². The van der Waals surface area contributed by atoms with Gasteiger partial charge in [-0.15, -0.1) is 0 Å². The van der Waals surface area contributed by atoms with Gasteiger partial charge in [0.25, 0.3) is 0 Å². The summed E-state index contributed by atoms with van der Waals surface area (Å²) >= 11 is 3.25. The number of anilines is 1. The molecule has 0 saturated carbocycles. The Balaban J connectivity index is 2.37. The molecule has 0 bridgehead atoms. The quantitative estimate of drug-likeness (QED) is 0.868. The van der Waals surface area contributed by atoms with Gasteiger partial charge in [-0.25, -0.2) is 4.98 Å². The third-order valence-corrected chi connectivity index (χ3v) is 2.28. The summed E-state index contributed by atoms with van der Waals surface area (Å²) < 4.78 is 0.823. The lowest BCUT2D eigenvalue weighted by Gasteiger charge is -2.03. The van der Waals surface area contributed by atoms with E-state index in [4.69, 9.17) is 5.11 Å². The van der Waals surface area contributed by atoms with E-state index >= 15 is 0 Å². The van der Waals surface area contributed by atoms with Crippen molar-refractivity contribution in [2.75, 3.05) is 5.32 Å². The number of pyridine rings is 1. The molecule has 0 saturated heterocycles. The van der Waals surface area contributed by atoms with Gasteiger partial charge in [-0.1, -0.05) is 15.9 Å². The molecule has 0 spiro atoms. The fraction of sp³-hybridized carbons (Fsp3) is 0.300. The van der Waals surface area contributed by atoms with Crippen LogP contribution in [0.5, 0.6) is 0 Å². The molecule has 1 heterocycles. The topological polar surface area (TPSA) is 79.3 Å². The van der Waals surface area contributed by atoms with E-state index in [1.807, 2.05) is 0 Å². The number of hydrogen-bond acceptors (Lipinski definition) is 3. The zero-order valence-electron chi connectivity index (χ0n) is 8.44. The van der Waals surface area contributed by atoms with Crippen molar-refractivity contribution in [3.8, 4) is 0 Å². The Kier molecular flexibility index (Phi) is 4.91. The maximum atomic E-state index is 11.3. The molecule has 1 amide bonds. The molecule has 16 heavy (non-hydrogen) atoms. The summed E-state index contributed by atoms with van der Waals surface area (Å²) in [5, 5.41) is 11.0. The van der Waals surface area contributed by atoms with Crippen LogP contribution >= 0.6 is 15.9 Å². The Morgan fingerprint density at radius 2 is 2.19 bits per heavy atom. The minimum atomic E-state index is -0.895. The lowest BCUT2D eigenvalue weighted by molar-refractivity contribution is -0.137. The van der Waals surface area contributed by atoms with Gasteiger partial charge in [0.15, 0.2) is 0 Å². The van der Waals surface area contributed by atoms with Crippen LogP contribution in [0.4, 0.5) is 5.82 Å². The average Bonchev–Trinajstić information content (AvgIpc) is 2.16. The van der Waals surface area contributed by atoms with Gasteiger partial charge in [-0.3, -0.25) is 9.59 Å². The van der Waals surface area contributed by atoms with E-state index in [0.29, 0.717) is 12.2 Å². The fourth-order valence-corrected chi connectivity index (χ4v) is 1.41. The van der Waals surface area contributed by atoms with Crippen molar-refractivity contribution in [1.29, 1.82) is 0 Å². The Bertz CT molecular complexity index is 395. The van der Waals surface area contributed by atoms with Gasteiger partial charge in [0.05, 0.1) is 0 Å². The first-order chi connectivity index (χ1) is 7.58. The van der Waals surface area contributed by atoms with Crippen LogP contribution in [0, 0.1) is 0 Å². The van der Waals surface area contributed by atoms with Crippen molar-refractivity contribution < 1.29 is 14.7 Å². The van der Waals surface area contributed by atoms with E-state index in [1.54, 1.807) is 18.3 Å². The summed E-state index contributed by atoms with van der Waals surface area (Å²) in [6.45, 7) is 0. The third-order valence-electron chi connectivity index (χ3n) is 1.78. The molecule has 0 radical (unpaired) electrons. The fourth-order valence-electron chi connectivity index (χ4n) is 1.08. The lowest BCUT2D eigenvalue weighted by atomic mass is 10.2. The summed E-state index contributed by atoms with van der Waals surface area (Å²) in [6, 6.07) is 3.43. The lowest BCUT2D eigenvalue weighted by Crippen LogP contribution is -2.12. The average molecular weight is 287 g/mol. The minimum absolute atomic E-state index is 0.000662. The molecule has 0 aromatic carbocycles. The van der Waals surface area contributed by atoms with Crippen molar-refractivity contribution in [3.63, 3.8) is 0 Å². The van der Waals surface area contributed by atoms with Crippen molar-refractivity contribution in [3.05, 3.63) is 22.8 Å². The normalized spacial score (nSPS) is 9.81. The predicted octanol–water partition coefficient (Wildman–Crippen LogP) is 2.04. The highest BCUT2D eigenvalue weighted by Crippen LogP contribution is 2.13. The van der Waals surface area contributed by atoms with Crippen LogP contribution in [0.3, 0.4) is 0 Å². The summed E-state index contributed by atoms with van der Waals surface area (Å²) in [4.78, 5) is 25.5. The predicted molar refractivity (Wildman–Crippen MR) is 62.1 cm³/mol. The number of carboxylic acid groups (broad SMARTS) is 1. The van der Waals surface area contributed by atoms with Gasteiger partial charge in [0, 0.05) is 23.5 Å². The molecule has 0 fully saturated rings. The van der Waals surface area contributed by atoms with E-state index in [1.165, 1.54) is 0 Å². The summed E-state index contributed by atoms with van der Waals surface area (Å²) in [6.07, 6.45) is 2.08. The van der Waals surface area contributed by atoms with Crippen LogP contribution in [-0.4, -0.2) is 22.0 Å². The monoisotopic (exact) mass is 286 g/mol. The molecule has 1 rings (SSSR count). The maximum Gasteiger partial charge on any atom is 0.303 e. The molecule has 1 aromatic rings. The van der Waals surface area contributed by atoms with Gasteiger partial charge in [0.1, 0.15) is 5.82 Å². The molecule has 1 aromatic heterocycles. The number of carbonyl (C=O) groups is 2. The van der Waals surface area contributed by atoms with E-state index in [2.05, 4.69) is 26.2 Å². The first kappa shape index (κ1) is 12.6. The third kappa shape index (κ3) is 4.88. The number of carbonyl (C=O) groups excluding carboxylic acids is 1. The number of rotatable bonds is 5. The molecule has 86 valence electrons. The Hall–Kier alpha value is -1.43. The highest BCUT2D eigenvalue weighted by Gasteiger charge is 2.05. The second-order valence-electron chi connectivity index (χ2n) is 3.15. The Labute approximate surface area is 101 Å². The first-order valence-corrected chi connectivity index (χ1v) is 5.50. The molecular weight excluding hydrogens is 276 g/mol. The van der Waals surface area contributed by atoms with Crippen molar-refractivity contribution in [2.24, 2.45) is 0 Å². The number of nitrogens with zero attached hydrogens (tertiary/aromatic N) is 1. The van der Waals surface area contributed by atoms with Crippen LogP contribution in [0.25, 0.3) is 0 Å². The van der Waals surface area contributed by atoms with E-state index in [9.17, 15) is 9.59 Å². The Morgan fingerprint density at radius 3 is 2.81 bits per heavy atom. The van der Waals surface area contributed by atoms with Crippen molar-refractivity contribution >= 4 is 33.6 Å². The molecule has 0 aliphatic rings. The zero-order chi connectivity index (χ0) is 12.0. The van der Waals surface area contributed by atoms with Gasteiger partial charge >= 0.3 is 5.97 Å². The van der Waals surface area contributed by atoms with Crippen molar-refractivity contribution in [1.82, 2.24) is 4.98 Å². The minimum Gasteiger partial charge on any atom is -0.481 e. The number of carboxylic acids is 1. The maximum absolute atomic E-state index is 11.3. The van der Waals surface area contributed by atoms with Crippen LogP contribution < -0.4 is 5.32 Å². The second kappa shape index (κ2) is 6.22. The molecule has 2 N–H and O–H groups in total. The number of amides is 1. The highest BCUT2D eigenvalue weighted by atomic mass is 79.9. The standard InChI is InChI=1S/C10H11BrN2O3/c11-7-4-5-12-8(6-7)13-9(14)2-1-3-10(15)16/h4-6H,1-3H2,(H,15,16)(H,12,13,14). The van der Waals surface area contributed by atoms with Gasteiger partial charge < -0.3 is 10.4 Å². The summed E-state index contributed by atoms with van der Waals surface area (Å²) in [5.41, 5.74) is 0. The molecule has 0 aliphatic carbocycles. The first-order valence-electron chi connectivity index (χ1n) is 4.71. The molecule has 6 heteroatoms. The summed E-state index contributed by atoms with van der Waals surface area (Å²) in [5.74, 6) is -0.671. The molecule has 0 aliphatic heterocycles. The number of nitrogens with one attached hydrogen (secondary N) is 1. The van der Waals surface area contributed by atoms with Crippen LogP contribution in [0.2, 0.25) is 0 Å². The molecular formula is C10H11BrN2O3. The number of hydrogen-bond donors (Lipinski definition) is 2. The summed E-state index contributed by atoms with van der Waals surface area (Å²) in [7, 11) is 0.